The number of benzene rings is 2. The fourth-order valence-electron chi connectivity index (χ4n) is 3.41. The second kappa shape index (κ2) is 7.11. The molecule has 0 radical (unpaired) electrons. The zero-order chi connectivity index (χ0) is 16.2. The maximum Gasteiger partial charge on any atom is 0.118 e. The molecule has 0 heterocycles. The van der Waals surface area contributed by atoms with Crippen LogP contribution in [0, 0.1) is 17.8 Å². The van der Waals surface area contributed by atoms with E-state index in [-0.39, 0.29) is 5.92 Å². The number of rotatable bonds is 6. The Morgan fingerprint density at radius 1 is 0.773 bits per heavy atom. The Morgan fingerprint density at radius 3 is 1.50 bits per heavy atom. The summed E-state index contributed by atoms with van der Waals surface area (Å²) in [4.78, 5) is 0. The summed E-state index contributed by atoms with van der Waals surface area (Å²) in [5.41, 5.74) is 1.03. The molecule has 22 heavy (non-hydrogen) atoms. The summed E-state index contributed by atoms with van der Waals surface area (Å²) in [5, 5.41) is 11.8. The molecular formula is C21H28O. The van der Waals surface area contributed by atoms with Crippen LogP contribution in [0.15, 0.2) is 60.7 Å². The lowest BCUT2D eigenvalue weighted by molar-refractivity contribution is -0.0148. The molecule has 1 heteroatoms. The summed E-state index contributed by atoms with van der Waals surface area (Å²) < 4.78 is 0. The smallest absolute Gasteiger partial charge is 0.118 e. The first-order chi connectivity index (χ1) is 10.5. The van der Waals surface area contributed by atoms with Crippen molar-refractivity contribution in [2.24, 2.45) is 17.8 Å². The molecule has 2 aromatic carbocycles. The van der Waals surface area contributed by atoms with Gasteiger partial charge in [0.25, 0.3) is 0 Å². The Labute approximate surface area is 135 Å². The van der Waals surface area contributed by atoms with Gasteiger partial charge in [-0.05, 0) is 35.3 Å². The summed E-state index contributed by atoms with van der Waals surface area (Å²) in [7, 11) is 0. The van der Waals surface area contributed by atoms with Gasteiger partial charge < -0.3 is 5.11 Å². The van der Waals surface area contributed by atoms with E-state index in [1.807, 2.05) is 60.7 Å². The van der Waals surface area contributed by atoms with Crippen LogP contribution < -0.4 is 0 Å². The molecule has 2 rings (SSSR count). The monoisotopic (exact) mass is 296 g/mol. The predicted octanol–water partition coefficient (Wildman–Crippen LogP) is 5.24. The quantitative estimate of drug-likeness (QED) is 0.772. The van der Waals surface area contributed by atoms with Gasteiger partial charge in [-0.3, -0.25) is 0 Å². The molecule has 0 amide bonds. The third-order valence-electron chi connectivity index (χ3n) is 4.49. The van der Waals surface area contributed by atoms with Crippen LogP contribution in [0.25, 0.3) is 0 Å². The SMILES string of the molecule is CC(C)C[C@@H](C(C)C)C(O)(c1ccccc1)c1ccccc1. The van der Waals surface area contributed by atoms with E-state index in [0.717, 1.165) is 17.5 Å². The van der Waals surface area contributed by atoms with Gasteiger partial charge in [-0.25, -0.2) is 0 Å². The molecule has 1 nitrogen and oxygen atoms in total. The average molecular weight is 296 g/mol. The second-order valence-electron chi connectivity index (χ2n) is 6.98. The summed E-state index contributed by atoms with van der Waals surface area (Å²) in [5.74, 6) is 1.12. The molecule has 0 unspecified atom stereocenters. The summed E-state index contributed by atoms with van der Waals surface area (Å²) in [6.07, 6.45) is 0.998. The highest BCUT2D eigenvalue weighted by Gasteiger charge is 2.41. The number of hydrogen-bond acceptors (Lipinski definition) is 1. The first-order valence-electron chi connectivity index (χ1n) is 8.29. The van der Waals surface area contributed by atoms with Crippen LogP contribution in [0.3, 0.4) is 0 Å². The topological polar surface area (TPSA) is 20.2 Å². The number of aliphatic hydroxyl groups is 1. The molecule has 0 bridgehead atoms. The molecule has 0 aliphatic rings. The molecule has 1 N–H and O–H groups in total. The predicted molar refractivity (Wildman–Crippen MR) is 93.7 cm³/mol. The van der Waals surface area contributed by atoms with Gasteiger partial charge >= 0.3 is 0 Å². The Balaban J connectivity index is 2.59. The molecule has 0 aliphatic carbocycles. The van der Waals surface area contributed by atoms with Gasteiger partial charge in [0.05, 0.1) is 0 Å². The van der Waals surface area contributed by atoms with E-state index in [1.165, 1.54) is 0 Å². The van der Waals surface area contributed by atoms with E-state index < -0.39 is 5.60 Å². The Morgan fingerprint density at radius 2 is 1.18 bits per heavy atom. The van der Waals surface area contributed by atoms with Gasteiger partial charge in [0.2, 0.25) is 0 Å². The van der Waals surface area contributed by atoms with E-state index in [2.05, 4.69) is 27.7 Å². The van der Waals surface area contributed by atoms with Crippen LogP contribution >= 0.6 is 0 Å². The van der Waals surface area contributed by atoms with E-state index in [0.29, 0.717) is 11.8 Å². The largest absolute Gasteiger partial charge is 0.380 e. The van der Waals surface area contributed by atoms with Crippen molar-refractivity contribution in [1.82, 2.24) is 0 Å². The van der Waals surface area contributed by atoms with E-state index >= 15 is 0 Å². The lowest BCUT2D eigenvalue weighted by Crippen LogP contribution is -2.40. The van der Waals surface area contributed by atoms with Crippen LogP contribution in [0.5, 0.6) is 0 Å². The Hall–Kier alpha value is -1.60. The molecule has 0 saturated carbocycles. The molecule has 0 spiro atoms. The van der Waals surface area contributed by atoms with Gasteiger partial charge in [0, 0.05) is 0 Å². The fraction of sp³-hybridized carbons (Fsp3) is 0.429. The minimum Gasteiger partial charge on any atom is -0.380 e. The van der Waals surface area contributed by atoms with Crippen LogP contribution in [-0.2, 0) is 5.60 Å². The lowest BCUT2D eigenvalue weighted by atomic mass is 9.68. The van der Waals surface area contributed by atoms with E-state index in [9.17, 15) is 5.11 Å². The highest BCUT2D eigenvalue weighted by Crippen LogP contribution is 2.43. The van der Waals surface area contributed by atoms with E-state index in [1.54, 1.807) is 0 Å². The van der Waals surface area contributed by atoms with Gasteiger partial charge in [-0.2, -0.15) is 0 Å². The van der Waals surface area contributed by atoms with Crippen molar-refractivity contribution in [3.63, 3.8) is 0 Å². The molecule has 1 atom stereocenters. The molecule has 0 aliphatic heterocycles. The second-order valence-corrected chi connectivity index (χ2v) is 6.98. The zero-order valence-corrected chi connectivity index (χ0v) is 14.2. The highest BCUT2D eigenvalue weighted by atomic mass is 16.3. The summed E-state index contributed by atoms with van der Waals surface area (Å²) in [6, 6.07) is 20.2. The molecule has 118 valence electrons. The van der Waals surface area contributed by atoms with Crippen molar-refractivity contribution < 1.29 is 5.11 Å². The van der Waals surface area contributed by atoms with Gasteiger partial charge in [-0.1, -0.05) is 88.4 Å². The van der Waals surface area contributed by atoms with Crippen molar-refractivity contribution >= 4 is 0 Å². The molecule has 0 fully saturated rings. The van der Waals surface area contributed by atoms with Crippen LogP contribution in [0.2, 0.25) is 0 Å². The standard InChI is InChI=1S/C21H28O/c1-16(2)15-20(17(3)4)21(22,18-11-7-5-8-12-18)19-13-9-6-10-14-19/h5-14,16-17,20,22H,15H2,1-4H3/t20-/m0/s1. The van der Waals surface area contributed by atoms with Crippen molar-refractivity contribution in [2.75, 3.05) is 0 Å². The average Bonchev–Trinajstić information content (AvgIpc) is 2.53. The van der Waals surface area contributed by atoms with Gasteiger partial charge in [0.1, 0.15) is 5.60 Å². The van der Waals surface area contributed by atoms with Crippen molar-refractivity contribution in [1.29, 1.82) is 0 Å². The van der Waals surface area contributed by atoms with Crippen LogP contribution in [0.1, 0.15) is 45.2 Å². The molecule has 0 saturated heterocycles. The maximum atomic E-state index is 11.8. The highest BCUT2D eigenvalue weighted by molar-refractivity contribution is 5.37. The van der Waals surface area contributed by atoms with Gasteiger partial charge in [0.15, 0.2) is 0 Å². The van der Waals surface area contributed by atoms with E-state index in [4.69, 9.17) is 0 Å². The minimum absolute atomic E-state index is 0.178. The van der Waals surface area contributed by atoms with Crippen LogP contribution in [0.4, 0.5) is 0 Å². The molecule has 0 aromatic heterocycles. The zero-order valence-electron chi connectivity index (χ0n) is 14.2. The summed E-state index contributed by atoms with van der Waals surface area (Å²) in [6.45, 7) is 8.88. The normalized spacial score (nSPS) is 13.6. The van der Waals surface area contributed by atoms with Crippen molar-refractivity contribution in [3.05, 3.63) is 71.8 Å². The first kappa shape index (κ1) is 16.8. The Bertz CT molecular complexity index is 517. The van der Waals surface area contributed by atoms with Gasteiger partial charge in [-0.15, -0.1) is 0 Å². The summed E-state index contributed by atoms with van der Waals surface area (Å²) >= 11 is 0. The minimum atomic E-state index is -0.943. The van der Waals surface area contributed by atoms with Crippen molar-refractivity contribution in [2.45, 2.75) is 39.7 Å². The molecule has 2 aromatic rings. The third-order valence-corrected chi connectivity index (χ3v) is 4.49. The number of hydrogen-bond donors (Lipinski definition) is 1. The first-order valence-corrected chi connectivity index (χ1v) is 8.29. The lowest BCUT2D eigenvalue weighted by Gasteiger charge is -2.40. The van der Waals surface area contributed by atoms with Crippen LogP contribution in [-0.4, -0.2) is 5.11 Å². The molecular weight excluding hydrogens is 268 g/mol. The third kappa shape index (κ3) is 3.41. The van der Waals surface area contributed by atoms with Crippen molar-refractivity contribution in [3.8, 4) is 0 Å². The fourth-order valence-corrected chi connectivity index (χ4v) is 3.41. The Kier molecular flexibility index (Phi) is 5.42. The maximum absolute atomic E-state index is 11.8.